The SMILES string of the molecule is CC(C)C[C@@H](CO)NC(=O)c1c(-c2ccsc2)nc2c(C(=O)NCc3cnc(N)nc3)cccn12. The summed E-state index contributed by atoms with van der Waals surface area (Å²) < 4.78 is 1.62. The number of carbonyl (C=O) groups excluding carboxylic acids is 2. The van der Waals surface area contributed by atoms with E-state index in [1.165, 1.54) is 11.3 Å². The van der Waals surface area contributed by atoms with Crippen molar-refractivity contribution >= 4 is 34.7 Å². The lowest BCUT2D eigenvalue weighted by Gasteiger charge is -2.18. The highest BCUT2D eigenvalue weighted by atomic mass is 32.1. The average Bonchev–Trinajstić information content (AvgIpc) is 3.50. The molecule has 35 heavy (non-hydrogen) atoms. The van der Waals surface area contributed by atoms with Crippen molar-refractivity contribution in [1.82, 2.24) is 30.0 Å². The molecule has 2 amide bonds. The molecule has 0 saturated heterocycles. The maximum Gasteiger partial charge on any atom is 0.270 e. The highest BCUT2D eigenvalue weighted by Gasteiger charge is 2.25. The van der Waals surface area contributed by atoms with E-state index in [2.05, 4.69) is 20.6 Å². The van der Waals surface area contributed by atoms with Gasteiger partial charge in [0.1, 0.15) is 11.4 Å². The van der Waals surface area contributed by atoms with Crippen LogP contribution >= 0.6 is 11.3 Å². The predicted octanol–water partition coefficient (Wildman–Crippen LogP) is 2.50. The summed E-state index contributed by atoms with van der Waals surface area (Å²) in [5, 5.41) is 19.3. The van der Waals surface area contributed by atoms with Crippen LogP contribution in [0.3, 0.4) is 0 Å². The van der Waals surface area contributed by atoms with Crippen LogP contribution in [0.1, 0.15) is 46.7 Å². The third-order valence-electron chi connectivity index (χ3n) is 5.39. The molecule has 0 fully saturated rings. The minimum atomic E-state index is -0.392. The number of pyridine rings is 1. The third-order valence-corrected chi connectivity index (χ3v) is 6.08. The first-order valence-electron chi connectivity index (χ1n) is 11.2. The Balaban J connectivity index is 1.69. The fourth-order valence-electron chi connectivity index (χ4n) is 3.80. The van der Waals surface area contributed by atoms with E-state index in [1.807, 2.05) is 30.7 Å². The van der Waals surface area contributed by atoms with E-state index in [1.54, 1.807) is 35.1 Å². The molecule has 10 nitrogen and oxygen atoms in total. The molecule has 0 bridgehead atoms. The third kappa shape index (κ3) is 5.47. The number of aliphatic hydroxyl groups is 1. The van der Waals surface area contributed by atoms with Crippen LogP contribution in [-0.2, 0) is 6.54 Å². The number of hydrogen-bond acceptors (Lipinski definition) is 8. The quantitative estimate of drug-likeness (QED) is 0.280. The van der Waals surface area contributed by atoms with E-state index in [0.717, 1.165) is 5.56 Å². The second-order valence-electron chi connectivity index (χ2n) is 8.55. The van der Waals surface area contributed by atoms with Gasteiger partial charge in [-0.3, -0.25) is 14.0 Å². The van der Waals surface area contributed by atoms with Crippen molar-refractivity contribution in [3.63, 3.8) is 0 Å². The lowest BCUT2D eigenvalue weighted by atomic mass is 10.0. The number of amides is 2. The number of aromatic nitrogens is 4. The Morgan fingerprint density at radius 2 is 1.97 bits per heavy atom. The van der Waals surface area contributed by atoms with Gasteiger partial charge in [-0.05, 0) is 35.9 Å². The lowest BCUT2D eigenvalue weighted by molar-refractivity contribution is 0.0901. The van der Waals surface area contributed by atoms with Crippen molar-refractivity contribution in [2.45, 2.75) is 32.9 Å². The van der Waals surface area contributed by atoms with E-state index >= 15 is 0 Å². The fraction of sp³-hybridized carbons (Fsp3) is 0.292. The number of nitrogens with zero attached hydrogens (tertiary/aromatic N) is 4. The molecule has 182 valence electrons. The smallest absolute Gasteiger partial charge is 0.270 e. The van der Waals surface area contributed by atoms with E-state index in [4.69, 9.17) is 10.7 Å². The van der Waals surface area contributed by atoms with Gasteiger partial charge in [-0.2, -0.15) is 11.3 Å². The zero-order valence-corrected chi connectivity index (χ0v) is 20.2. The molecule has 0 unspecified atom stereocenters. The molecule has 0 spiro atoms. The molecule has 0 radical (unpaired) electrons. The van der Waals surface area contributed by atoms with Crippen molar-refractivity contribution < 1.29 is 14.7 Å². The first-order valence-corrected chi connectivity index (χ1v) is 12.1. The topological polar surface area (TPSA) is 148 Å². The van der Waals surface area contributed by atoms with Crippen LogP contribution in [0.25, 0.3) is 16.9 Å². The number of rotatable bonds is 9. The van der Waals surface area contributed by atoms with Gasteiger partial charge in [0.2, 0.25) is 5.95 Å². The van der Waals surface area contributed by atoms with Gasteiger partial charge in [-0.1, -0.05) is 13.8 Å². The molecule has 0 aromatic carbocycles. The fourth-order valence-corrected chi connectivity index (χ4v) is 4.44. The molecule has 4 aromatic heterocycles. The number of hydrogen-bond donors (Lipinski definition) is 4. The number of nitrogen functional groups attached to an aromatic ring is 1. The van der Waals surface area contributed by atoms with Crippen LogP contribution < -0.4 is 16.4 Å². The molecule has 11 heteroatoms. The van der Waals surface area contributed by atoms with Crippen LogP contribution in [0.4, 0.5) is 5.95 Å². The molecule has 4 rings (SSSR count). The number of aliphatic hydroxyl groups excluding tert-OH is 1. The Morgan fingerprint density at radius 1 is 1.20 bits per heavy atom. The molecule has 5 N–H and O–H groups in total. The average molecular weight is 494 g/mol. The lowest BCUT2D eigenvalue weighted by Crippen LogP contribution is -2.39. The zero-order valence-electron chi connectivity index (χ0n) is 19.4. The Hall–Kier alpha value is -3.83. The van der Waals surface area contributed by atoms with Gasteiger partial charge in [0.15, 0.2) is 5.65 Å². The minimum Gasteiger partial charge on any atom is -0.394 e. The van der Waals surface area contributed by atoms with Crippen LogP contribution in [0.2, 0.25) is 0 Å². The van der Waals surface area contributed by atoms with Gasteiger partial charge >= 0.3 is 0 Å². The summed E-state index contributed by atoms with van der Waals surface area (Å²) in [5.41, 5.74) is 8.44. The Kier molecular flexibility index (Phi) is 7.37. The first-order chi connectivity index (χ1) is 16.9. The van der Waals surface area contributed by atoms with Crippen LogP contribution in [0, 0.1) is 5.92 Å². The maximum atomic E-state index is 13.4. The number of carbonyl (C=O) groups is 2. The summed E-state index contributed by atoms with van der Waals surface area (Å²) in [6.45, 7) is 4.10. The van der Waals surface area contributed by atoms with E-state index < -0.39 is 6.04 Å². The molecule has 4 aromatic rings. The van der Waals surface area contributed by atoms with Crippen molar-refractivity contribution in [3.8, 4) is 11.3 Å². The first kappa shape index (κ1) is 24.3. The standard InChI is InChI=1S/C24H27N7O3S/c1-14(2)8-17(12-32)29-23(34)20-19(16-5-7-35-13-16)30-21-18(4-3-6-31(20)21)22(33)26-9-15-10-27-24(25)28-11-15/h3-7,10-11,13-14,17,32H,8-9,12H2,1-2H3,(H,26,33)(H,29,34)(H2,25,27,28)/t17-/m0/s1. The van der Waals surface area contributed by atoms with Crippen LogP contribution in [0.5, 0.6) is 0 Å². The summed E-state index contributed by atoms with van der Waals surface area (Å²) in [5.74, 6) is -0.261. The van der Waals surface area contributed by atoms with Gasteiger partial charge in [0, 0.05) is 41.6 Å². The number of nitrogens with two attached hydrogens (primary N) is 1. The molecule has 0 aliphatic carbocycles. The summed E-state index contributed by atoms with van der Waals surface area (Å²) in [6.07, 6.45) is 5.43. The van der Waals surface area contributed by atoms with E-state index in [-0.39, 0.29) is 30.9 Å². The van der Waals surface area contributed by atoms with Gasteiger partial charge in [-0.25, -0.2) is 15.0 Å². The van der Waals surface area contributed by atoms with E-state index in [0.29, 0.717) is 40.5 Å². The van der Waals surface area contributed by atoms with Gasteiger partial charge in [0.05, 0.1) is 18.2 Å². The molecule has 0 aliphatic rings. The second-order valence-corrected chi connectivity index (χ2v) is 9.33. The monoisotopic (exact) mass is 493 g/mol. The number of fused-ring (bicyclic) bond motifs is 1. The Morgan fingerprint density at radius 3 is 2.63 bits per heavy atom. The van der Waals surface area contributed by atoms with E-state index in [9.17, 15) is 14.7 Å². The molecular formula is C24H27N7O3S. The summed E-state index contributed by atoms with van der Waals surface area (Å²) >= 11 is 1.49. The van der Waals surface area contributed by atoms with Gasteiger partial charge in [0.25, 0.3) is 11.8 Å². The Bertz CT molecular complexity index is 1320. The van der Waals surface area contributed by atoms with Crippen LogP contribution in [-0.4, -0.2) is 48.9 Å². The number of nitrogens with one attached hydrogen (secondary N) is 2. The van der Waals surface area contributed by atoms with Crippen LogP contribution in [0.15, 0.2) is 47.5 Å². The maximum absolute atomic E-state index is 13.4. The largest absolute Gasteiger partial charge is 0.394 e. The van der Waals surface area contributed by atoms with Crippen molar-refractivity contribution in [3.05, 3.63) is 64.4 Å². The minimum absolute atomic E-state index is 0.158. The van der Waals surface area contributed by atoms with Crippen molar-refractivity contribution in [2.75, 3.05) is 12.3 Å². The molecular weight excluding hydrogens is 466 g/mol. The highest BCUT2D eigenvalue weighted by Crippen LogP contribution is 2.28. The predicted molar refractivity (Wildman–Crippen MR) is 134 cm³/mol. The number of imidazole rings is 1. The zero-order chi connectivity index (χ0) is 24.9. The highest BCUT2D eigenvalue weighted by molar-refractivity contribution is 7.08. The van der Waals surface area contributed by atoms with Gasteiger partial charge in [-0.15, -0.1) is 0 Å². The summed E-state index contributed by atoms with van der Waals surface area (Å²) in [4.78, 5) is 39.0. The number of thiophene rings is 1. The molecule has 0 saturated carbocycles. The molecule has 1 atom stereocenters. The Labute approximate surface area is 206 Å². The van der Waals surface area contributed by atoms with Crippen molar-refractivity contribution in [2.24, 2.45) is 5.92 Å². The second kappa shape index (κ2) is 10.6. The molecule has 4 heterocycles. The molecule has 0 aliphatic heterocycles. The normalized spacial score (nSPS) is 12.1. The number of anilines is 1. The van der Waals surface area contributed by atoms with Gasteiger partial charge < -0.3 is 21.5 Å². The summed E-state index contributed by atoms with van der Waals surface area (Å²) in [6, 6.07) is 4.84. The summed E-state index contributed by atoms with van der Waals surface area (Å²) in [7, 11) is 0. The van der Waals surface area contributed by atoms with Crippen molar-refractivity contribution in [1.29, 1.82) is 0 Å².